The predicted molar refractivity (Wildman–Crippen MR) is 62.0 cm³/mol. The molecule has 16 heavy (non-hydrogen) atoms. The van der Waals surface area contributed by atoms with Gasteiger partial charge in [0.2, 0.25) is 0 Å². The molecule has 0 unspecified atom stereocenters. The van der Waals surface area contributed by atoms with Crippen LogP contribution in [0.1, 0.15) is 40.0 Å². The Balaban J connectivity index is 2.13. The normalized spacial score (nSPS) is 44.4. The largest absolute Gasteiger partial charge is 0.394 e. The topological polar surface area (TPSA) is 38.7 Å². The lowest BCUT2D eigenvalue weighted by molar-refractivity contribution is -0.240. The van der Waals surface area contributed by atoms with E-state index in [1.165, 1.54) is 12.8 Å². The predicted octanol–water partition coefficient (Wildman–Crippen LogP) is 2.18. The Labute approximate surface area is 98.1 Å². The lowest BCUT2D eigenvalue weighted by Crippen LogP contribution is -2.47. The maximum Gasteiger partial charge on any atom is 0.172 e. The van der Waals surface area contributed by atoms with Crippen LogP contribution < -0.4 is 0 Å². The summed E-state index contributed by atoms with van der Waals surface area (Å²) in [5.74, 6) is 1.30. The molecular formula is C13H24O3. The van der Waals surface area contributed by atoms with Crippen LogP contribution in [0, 0.1) is 17.8 Å². The zero-order valence-corrected chi connectivity index (χ0v) is 10.6. The maximum atomic E-state index is 9.17. The molecule has 1 aliphatic heterocycles. The summed E-state index contributed by atoms with van der Waals surface area (Å²) in [7, 11) is 0. The van der Waals surface area contributed by atoms with Crippen LogP contribution in [0.4, 0.5) is 0 Å². The average Bonchev–Trinajstić information content (AvgIpc) is 2.61. The molecule has 94 valence electrons. The average molecular weight is 228 g/mol. The van der Waals surface area contributed by atoms with Gasteiger partial charge in [-0.15, -0.1) is 0 Å². The van der Waals surface area contributed by atoms with Crippen molar-refractivity contribution in [3.63, 3.8) is 0 Å². The summed E-state index contributed by atoms with van der Waals surface area (Å²) in [5, 5.41) is 9.17. The van der Waals surface area contributed by atoms with E-state index in [4.69, 9.17) is 14.6 Å². The Morgan fingerprint density at radius 2 is 2.12 bits per heavy atom. The van der Waals surface area contributed by atoms with Crippen LogP contribution in [0.3, 0.4) is 0 Å². The summed E-state index contributed by atoms with van der Waals surface area (Å²) in [6.07, 6.45) is 3.30. The fraction of sp³-hybridized carbons (Fsp3) is 1.00. The summed E-state index contributed by atoms with van der Waals surface area (Å²) in [4.78, 5) is 0. The standard InChI is InChI=1S/C13H24O3/c1-9(2)12-5-4-10(3)6-13(12)15-8-11(7-14)16-13/h9-12,14H,4-8H2,1-3H3/t10-,11+,12-,13+/m1/s1. The zero-order valence-electron chi connectivity index (χ0n) is 10.6. The highest BCUT2D eigenvalue weighted by Gasteiger charge is 2.51. The summed E-state index contributed by atoms with van der Waals surface area (Å²) in [5.41, 5.74) is 0. The lowest BCUT2D eigenvalue weighted by Gasteiger charge is -2.44. The highest BCUT2D eigenvalue weighted by Crippen LogP contribution is 2.47. The van der Waals surface area contributed by atoms with Crippen LogP contribution in [0.5, 0.6) is 0 Å². The molecule has 0 bridgehead atoms. The quantitative estimate of drug-likeness (QED) is 0.787. The van der Waals surface area contributed by atoms with Crippen molar-refractivity contribution in [2.75, 3.05) is 13.2 Å². The van der Waals surface area contributed by atoms with Gasteiger partial charge in [0, 0.05) is 12.3 Å². The van der Waals surface area contributed by atoms with Gasteiger partial charge in [-0.2, -0.15) is 0 Å². The van der Waals surface area contributed by atoms with Crippen molar-refractivity contribution >= 4 is 0 Å². The van der Waals surface area contributed by atoms with Crippen molar-refractivity contribution in [1.29, 1.82) is 0 Å². The van der Waals surface area contributed by atoms with Gasteiger partial charge >= 0.3 is 0 Å². The molecule has 2 rings (SSSR count). The van der Waals surface area contributed by atoms with E-state index in [1.54, 1.807) is 0 Å². The van der Waals surface area contributed by atoms with Crippen LogP contribution in [0.25, 0.3) is 0 Å². The van der Waals surface area contributed by atoms with E-state index in [9.17, 15) is 0 Å². The van der Waals surface area contributed by atoms with Crippen molar-refractivity contribution < 1.29 is 14.6 Å². The second-order valence-corrected chi connectivity index (χ2v) is 5.78. The van der Waals surface area contributed by atoms with E-state index in [-0.39, 0.29) is 12.7 Å². The highest BCUT2D eigenvalue weighted by atomic mass is 16.7. The molecular weight excluding hydrogens is 204 g/mol. The van der Waals surface area contributed by atoms with Crippen molar-refractivity contribution in [3.8, 4) is 0 Å². The molecule has 2 aliphatic rings. The number of ether oxygens (including phenoxy) is 2. The fourth-order valence-electron chi connectivity index (χ4n) is 3.24. The van der Waals surface area contributed by atoms with Gasteiger partial charge in [0.25, 0.3) is 0 Å². The van der Waals surface area contributed by atoms with E-state index in [0.717, 1.165) is 6.42 Å². The van der Waals surface area contributed by atoms with Gasteiger partial charge in [-0.25, -0.2) is 0 Å². The Bertz CT molecular complexity index is 241. The van der Waals surface area contributed by atoms with E-state index >= 15 is 0 Å². The molecule has 1 saturated heterocycles. The van der Waals surface area contributed by atoms with Gasteiger partial charge < -0.3 is 14.6 Å². The van der Waals surface area contributed by atoms with E-state index in [1.807, 2.05) is 0 Å². The molecule has 3 heteroatoms. The SMILES string of the molecule is CC(C)[C@H]1CC[C@@H](C)C[C@@]12OC[C@H](CO)O2. The third kappa shape index (κ3) is 2.13. The number of aliphatic hydroxyl groups excluding tert-OH is 1. The van der Waals surface area contributed by atoms with E-state index < -0.39 is 5.79 Å². The lowest BCUT2D eigenvalue weighted by atomic mass is 9.73. The Morgan fingerprint density at radius 3 is 2.69 bits per heavy atom. The van der Waals surface area contributed by atoms with Gasteiger partial charge in [0.05, 0.1) is 13.2 Å². The number of aliphatic hydroxyl groups is 1. The van der Waals surface area contributed by atoms with Crippen LogP contribution in [0.15, 0.2) is 0 Å². The van der Waals surface area contributed by atoms with Crippen molar-refractivity contribution in [3.05, 3.63) is 0 Å². The Hall–Kier alpha value is -0.120. The Morgan fingerprint density at radius 1 is 1.38 bits per heavy atom. The third-order valence-electron chi connectivity index (χ3n) is 4.06. The minimum absolute atomic E-state index is 0.0704. The first-order chi connectivity index (χ1) is 7.57. The van der Waals surface area contributed by atoms with Crippen LogP contribution in [-0.2, 0) is 9.47 Å². The third-order valence-corrected chi connectivity index (χ3v) is 4.06. The molecule has 0 radical (unpaired) electrons. The first-order valence-corrected chi connectivity index (χ1v) is 6.50. The monoisotopic (exact) mass is 228 g/mol. The number of hydrogen-bond donors (Lipinski definition) is 1. The van der Waals surface area contributed by atoms with Gasteiger partial charge in [-0.1, -0.05) is 27.2 Å². The van der Waals surface area contributed by atoms with Crippen LogP contribution >= 0.6 is 0 Å². The van der Waals surface area contributed by atoms with Gasteiger partial charge in [0.15, 0.2) is 5.79 Å². The molecule has 1 heterocycles. The molecule has 1 saturated carbocycles. The zero-order chi connectivity index (χ0) is 11.8. The molecule has 1 aliphatic carbocycles. The molecule has 3 nitrogen and oxygen atoms in total. The molecule has 4 atom stereocenters. The first-order valence-electron chi connectivity index (χ1n) is 6.50. The molecule has 0 aromatic heterocycles. The first kappa shape index (κ1) is 12.3. The maximum absolute atomic E-state index is 9.17. The molecule has 0 amide bonds. The van der Waals surface area contributed by atoms with Crippen LogP contribution in [-0.4, -0.2) is 30.2 Å². The van der Waals surface area contributed by atoms with E-state index in [2.05, 4.69) is 20.8 Å². The van der Waals surface area contributed by atoms with Gasteiger partial charge in [-0.05, 0) is 18.3 Å². The van der Waals surface area contributed by atoms with E-state index in [0.29, 0.717) is 24.4 Å². The molecule has 0 aromatic carbocycles. The molecule has 1 spiro atoms. The number of rotatable bonds is 2. The fourth-order valence-corrected chi connectivity index (χ4v) is 3.24. The summed E-state index contributed by atoms with van der Waals surface area (Å²) >= 11 is 0. The summed E-state index contributed by atoms with van der Waals surface area (Å²) in [6, 6.07) is 0. The number of hydrogen-bond acceptors (Lipinski definition) is 3. The molecule has 2 fully saturated rings. The molecule has 0 aromatic rings. The Kier molecular flexibility index (Phi) is 3.57. The second kappa shape index (κ2) is 4.63. The summed E-state index contributed by atoms with van der Waals surface area (Å²) < 4.78 is 12.0. The van der Waals surface area contributed by atoms with Crippen molar-refractivity contribution in [1.82, 2.24) is 0 Å². The van der Waals surface area contributed by atoms with Gasteiger partial charge in [0.1, 0.15) is 6.10 Å². The minimum atomic E-state index is -0.404. The van der Waals surface area contributed by atoms with Gasteiger partial charge in [-0.3, -0.25) is 0 Å². The van der Waals surface area contributed by atoms with Crippen LogP contribution in [0.2, 0.25) is 0 Å². The summed E-state index contributed by atoms with van der Waals surface area (Å²) in [6.45, 7) is 7.35. The van der Waals surface area contributed by atoms with Crippen molar-refractivity contribution in [2.24, 2.45) is 17.8 Å². The van der Waals surface area contributed by atoms with Crippen molar-refractivity contribution in [2.45, 2.75) is 51.9 Å². The molecule has 1 N–H and O–H groups in total. The minimum Gasteiger partial charge on any atom is -0.394 e. The smallest absolute Gasteiger partial charge is 0.172 e. The highest BCUT2D eigenvalue weighted by molar-refractivity contribution is 4.92. The second-order valence-electron chi connectivity index (χ2n) is 5.78.